The SMILES string of the molecule is CC[Si](CC)OC(OC)c1ccc(Cl)cc1. The Morgan fingerprint density at radius 2 is 1.75 bits per heavy atom. The molecule has 1 rings (SSSR count). The number of rotatable bonds is 6. The molecule has 0 saturated carbocycles. The highest BCUT2D eigenvalue weighted by Crippen LogP contribution is 2.22. The first kappa shape index (κ1) is 13.7. The smallest absolute Gasteiger partial charge is 0.214 e. The molecule has 0 bridgehead atoms. The molecule has 0 amide bonds. The third-order valence-corrected chi connectivity index (χ3v) is 4.80. The second-order valence-corrected chi connectivity index (χ2v) is 6.65. The topological polar surface area (TPSA) is 18.5 Å². The fourth-order valence-corrected chi connectivity index (χ4v) is 2.93. The molecular formula is C12H18ClO2Si. The summed E-state index contributed by atoms with van der Waals surface area (Å²) in [5, 5.41) is 0.732. The molecule has 0 heterocycles. The predicted octanol–water partition coefficient (Wildman–Crippen LogP) is 4.03. The van der Waals surface area contributed by atoms with Gasteiger partial charge in [-0.1, -0.05) is 37.6 Å². The molecule has 0 N–H and O–H groups in total. The van der Waals surface area contributed by atoms with Crippen LogP contribution in [0.15, 0.2) is 24.3 Å². The fourth-order valence-electron chi connectivity index (χ4n) is 1.44. The number of ether oxygens (including phenoxy) is 1. The van der Waals surface area contributed by atoms with Gasteiger partial charge in [-0.15, -0.1) is 0 Å². The molecule has 1 aromatic carbocycles. The lowest BCUT2D eigenvalue weighted by molar-refractivity contribution is -0.0595. The Kier molecular flexibility index (Phi) is 6.06. The van der Waals surface area contributed by atoms with E-state index in [0.29, 0.717) is 0 Å². The molecule has 1 radical (unpaired) electrons. The van der Waals surface area contributed by atoms with Crippen LogP contribution in [0.4, 0.5) is 0 Å². The summed E-state index contributed by atoms with van der Waals surface area (Å²) < 4.78 is 11.3. The van der Waals surface area contributed by atoms with Gasteiger partial charge in [-0.3, -0.25) is 0 Å². The van der Waals surface area contributed by atoms with E-state index >= 15 is 0 Å². The lowest BCUT2D eigenvalue weighted by Crippen LogP contribution is -2.20. The first-order valence-corrected chi connectivity index (χ1v) is 7.70. The fraction of sp³-hybridized carbons (Fsp3) is 0.500. The van der Waals surface area contributed by atoms with Gasteiger partial charge in [0.2, 0.25) is 9.04 Å². The quantitative estimate of drug-likeness (QED) is 0.566. The molecular weight excluding hydrogens is 240 g/mol. The summed E-state index contributed by atoms with van der Waals surface area (Å²) in [7, 11) is 0.922. The van der Waals surface area contributed by atoms with Crippen LogP contribution in [0.3, 0.4) is 0 Å². The van der Waals surface area contributed by atoms with Crippen molar-refractivity contribution in [2.75, 3.05) is 7.11 Å². The van der Waals surface area contributed by atoms with Crippen LogP contribution in [0.2, 0.25) is 17.1 Å². The molecule has 0 fully saturated rings. The highest BCUT2D eigenvalue weighted by atomic mass is 35.5. The third-order valence-electron chi connectivity index (χ3n) is 2.42. The van der Waals surface area contributed by atoms with Crippen molar-refractivity contribution in [2.45, 2.75) is 32.2 Å². The molecule has 0 saturated heterocycles. The molecule has 89 valence electrons. The number of halogens is 1. The summed E-state index contributed by atoms with van der Waals surface area (Å²) in [5.74, 6) is 0. The minimum Gasteiger partial charge on any atom is -0.389 e. The first-order chi connectivity index (χ1) is 7.71. The Hall–Kier alpha value is -0.353. The van der Waals surface area contributed by atoms with E-state index in [-0.39, 0.29) is 6.29 Å². The molecule has 16 heavy (non-hydrogen) atoms. The van der Waals surface area contributed by atoms with Gasteiger partial charge < -0.3 is 9.16 Å². The minimum atomic E-state index is -0.749. The Balaban J connectivity index is 2.70. The Morgan fingerprint density at radius 3 is 2.19 bits per heavy atom. The number of hydrogen-bond acceptors (Lipinski definition) is 2. The zero-order valence-electron chi connectivity index (χ0n) is 10.00. The van der Waals surface area contributed by atoms with Gasteiger partial charge in [-0.05, 0) is 24.2 Å². The zero-order chi connectivity index (χ0) is 12.0. The predicted molar refractivity (Wildman–Crippen MR) is 69.0 cm³/mol. The number of benzene rings is 1. The normalized spacial score (nSPS) is 13.1. The lowest BCUT2D eigenvalue weighted by Gasteiger charge is -2.21. The van der Waals surface area contributed by atoms with E-state index in [1.807, 2.05) is 24.3 Å². The number of hydrogen-bond donors (Lipinski definition) is 0. The summed E-state index contributed by atoms with van der Waals surface area (Å²) >= 11 is 5.84. The highest BCUT2D eigenvalue weighted by molar-refractivity contribution is 6.51. The van der Waals surface area contributed by atoms with Gasteiger partial charge in [0, 0.05) is 17.7 Å². The average Bonchev–Trinajstić information content (AvgIpc) is 2.32. The van der Waals surface area contributed by atoms with Gasteiger partial charge >= 0.3 is 0 Å². The summed E-state index contributed by atoms with van der Waals surface area (Å²) in [4.78, 5) is 0. The minimum absolute atomic E-state index is 0.258. The van der Waals surface area contributed by atoms with Crippen LogP contribution < -0.4 is 0 Å². The zero-order valence-corrected chi connectivity index (χ0v) is 11.8. The summed E-state index contributed by atoms with van der Waals surface area (Å²) in [6.07, 6.45) is -0.258. The van der Waals surface area contributed by atoms with Gasteiger partial charge in [0.05, 0.1) is 0 Å². The second-order valence-electron chi connectivity index (χ2n) is 3.48. The molecule has 0 aliphatic heterocycles. The summed E-state index contributed by atoms with van der Waals surface area (Å²) in [5.41, 5.74) is 1.02. The van der Waals surface area contributed by atoms with E-state index in [9.17, 15) is 0 Å². The van der Waals surface area contributed by atoms with E-state index in [0.717, 1.165) is 22.7 Å². The van der Waals surface area contributed by atoms with Gasteiger partial charge in [0.1, 0.15) is 0 Å². The molecule has 4 heteroatoms. The van der Waals surface area contributed by atoms with Crippen LogP contribution >= 0.6 is 11.6 Å². The van der Waals surface area contributed by atoms with Crippen molar-refractivity contribution >= 4 is 20.6 Å². The van der Waals surface area contributed by atoms with Crippen molar-refractivity contribution in [3.05, 3.63) is 34.9 Å². The molecule has 2 nitrogen and oxygen atoms in total. The first-order valence-electron chi connectivity index (χ1n) is 5.50. The van der Waals surface area contributed by atoms with Crippen molar-refractivity contribution in [3.8, 4) is 0 Å². The third kappa shape index (κ3) is 3.90. The van der Waals surface area contributed by atoms with Crippen LogP contribution in [0.5, 0.6) is 0 Å². The van der Waals surface area contributed by atoms with Crippen molar-refractivity contribution in [3.63, 3.8) is 0 Å². The molecule has 0 spiro atoms. The van der Waals surface area contributed by atoms with Crippen molar-refractivity contribution in [2.24, 2.45) is 0 Å². The van der Waals surface area contributed by atoms with Crippen LogP contribution in [0.1, 0.15) is 25.7 Å². The summed E-state index contributed by atoms with van der Waals surface area (Å²) in [6, 6.07) is 9.79. The Bertz CT molecular complexity index is 298. The number of methoxy groups -OCH3 is 1. The van der Waals surface area contributed by atoms with E-state index in [2.05, 4.69) is 13.8 Å². The second kappa shape index (κ2) is 7.07. The molecule has 0 aliphatic carbocycles. The van der Waals surface area contributed by atoms with Gasteiger partial charge in [0.25, 0.3) is 0 Å². The molecule has 1 atom stereocenters. The van der Waals surface area contributed by atoms with E-state index in [1.165, 1.54) is 0 Å². The van der Waals surface area contributed by atoms with Gasteiger partial charge in [-0.25, -0.2) is 0 Å². The summed E-state index contributed by atoms with van der Waals surface area (Å²) in [6.45, 7) is 4.32. The van der Waals surface area contributed by atoms with Crippen molar-refractivity contribution in [1.29, 1.82) is 0 Å². The van der Waals surface area contributed by atoms with Crippen molar-refractivity contribution in [1.82, 2.24) is 0 Å². The largest absolute Gasteiger partial charge is 0.389 e. The molecule has 1 aromatic rings. The molecule has 1 unspecified atom stereocenters. The maximum Gasteiger partial charge on any atom is 0.214 e. The van der Waals surface area contributed by atoms with E-state index < -0.39 is 9.04 Å². The standard InChI is InChI=1S/C12H18ClO2Si/c1-4-16(5-2)15-12(14-3)10-6-8-11(13)9-7-10/h6-9,12H,4-5H2,1-3H3. The molecule has 0 aliphatic rings. The van der Waals surface area contributed by atoms with Crippen LogP contribution in [0.25, 0.3) is 0 Å². The Morgan fingerprint density at radius 1 is 1.19 bits per heavy atom. The average molecular weight is 258 g/mol. The monoisotopic (exact) mass is 257 g/mol. The maximum atomic E-state index is 5.96. The van der Waals surface area contributed by atoms with Crippen LogP contribution in [-0.2, 0) is 9.16 Å². The van der Waals surface area contributed by atoms with Gasteiger partial charge in [-0.2, -0.15) is 0 Å². The van der Waals surface area contributed by atoms with E-state index in [1.54, 1.807) is 7.11 Å². The highest BCUT2D eigenvalue weighted by Gasteiger charge is 2.17. The molecule has 0 aromatic heterocycles. The van der Waals surface area contributed by atoms with Crippen molar-refractivity contribution < 1.29 is 9.16 Å². The van der Waals surface area contributed by atoms with Gasteiger partial charge in [0.15, 0.2) is 6.29 Å². The van der Waals surface area contributed by atoms with E-state index in [4.69, 9.17) is 20.8 Å². The lowest BCUT2D eigenvalue weighted by atomic mass is 10.2. The van der Waals surface area contributed by atoms with Crippen LogP contribution in [0, 0.1) is 0 Å². The Labute approximate surface area is 104 Å². The maximum absolute atomic E-state index is 5.96. The van der Waals surface area contributed by atoms with Crippen LogP contribution in [-0.4, -0.2) is 16.2 Å².